The number of amides is 1. The van der Waals surface area contributed by atoms with Crippen LogP contribution in [0.1, 0.15) is 18.4 Å². The predicted molar refractivity (Wildman–Crippen MR) is 56.1 cm³/mol. The number of nitrogens with one attached hydrogen (secondary N) is 1. The van der Waals surface area contributed by atoms with Crippen LogP contribution >= 0.6 is 11.6 Å². The Morgan fingerprint density at radius 3 is 2.47 bits per heavy atom. The molecule has 1 aliphatic carbocycles. The summed E-state index contributed by atoms with van der Waals surface area (Å²) in [7, 11) is 0. The molecule has 0 radical (unpaired) electrons. The molecule has 15 heavy (non-hydrogen) atoms. The maximum absolute atomic E-state index is 11.6. The Labute approximate surface area is 92.7 Å². The average molecular weight is 221 g/mol. The van der Waals surface area contributed by atoms with Crippen molar-refractivity contribution < 1.29 is 4.79 Å². The van der Waals surface area contributed by atoms with Crippen LogP contribution in [0.3, 0.4) is 0 Å². The lowest BCUT2D eigenvalue weighted by Gasteiger charge is -2.12. The molecule has 0 aliphatic heterocycles. The van der Waals surface area contributed by atoms with E-state index >= 15 is 0 Å². The lowest BCUT2D eigenvalue weighted by molar-refractivity contribution is -0.122. The second-order valence-electron chi connectivity index (χ2n) is 3.65. The molecule has 2 rings (SSSR count). The molecule has 3 nitrogen and oxygen atoms in total. The van der Waals surface area contributed by atoms with Crippen molar-refractivity contribution in [3.05, 3.63) is 34.9 Å². The summed E-state index contributed by atoms with van der Waals surface area (Å²) in [6.07, 6.45) is 3.26. The summed E-state index contributed by atoms with van der Waals surface area (Å²) in [5.41, 5.74) is 0.444. The molecule has 0 spiro atoms. The quantitative estimate of drug-likeness (QED) is 0.612. The fourth-order valence-electron chi connectivity index (χ4n) is 1.71. The fourth-order valence-corrected chi connectivity index (χ4v) is 1.84. The summed E-state index contributed by atoms with van der Waals surface area (Å²) in [6, 6.07) is 7.20. The van der Waals surface area contributed by atoms with Gasteiger partial charge < -0.3 is 0 Å². The van der Waals surface area contributed by atoms with Gasteiger partial charge in [0.15, 0.2) is 6.19 Å². The Hall–Kier alpha value is -1.53. The van der Waals surface area contributed by atoms with Gasteiger partial charge in [0.05, 0.1) is 5.41 Å². The van der Waals surface area contributed by atoms with Crippen molar-refractivity contribution in [3.63, 3.8) is 0 Å². The van der Waals surface area contributed by atoms with E-state index in [0.717, 1.165) is 18.4 Å². The van der Waals surface area contributed by atoms with Crippen molar-refractivity contribution in [3.8, 4) is 6.19 Å². The fraction of sp³-hybridized carbons (Fsp3) is 0.273. The van der Waals surface area contributed by atoms with E-state index in [9.17, 15) is 4.79 Å². The monoisotopic (exact) mass is 220 g/mol. The molecule has 0 saturated heterocycles. The molecule has 0 atom stereocenters. The van der Waals surface area contributed by atoms with E-state index in [-0.39, 0.29) is 5.91 Å². The molecule has 1 fully saturated rings. The normalized spacial score (nSPS) is 16.5. The highest BCUT2D eigenvalue weighted by molar-refractivity contribution is 6.30. The van der Waals surface area contributed by atoms with Crippen molar-refractivity contribution >= 4 is 17.5 Å². The van der Waals surface area contributed by atoms with E-state index in [0.29, 0.717) is 5.02 Å². The van der Waals surface area contributed by atoms with E-state index in [1.165, 1.54) is 0 Å². The first-order valence-corrected chi connectivity index (χ1v) is 5.02. The standard InChI is InChI=1S/C11H9ClN2O/c12-9-3-1-8(2-4-9)11(5-6-11)10(15)14-7-13/h1-4H,5-6H2,(H,14,15). The first kappa shape index (κ1) is 10.0. The Balaban J connectivity index is 2.27. The number of carbonyl (C=O) groups excluding carboxylic acids is 1. The minimum absolute atomic E-state index is 0.215. The van der Waals surface area contributed by atoms with Crippen molar-refractivity contribution in [2.24, 2.45) is 0 Å². The van der Waals surface area contributed by atoms with Crippen LogP contribution in [-0.2, 0) is 10.2 Å². The van der Waals surface area contributed by atoms with E-state index in [2.05, 4.69) is 5.32 Å². The van der Waals surface area contributed by atoms with Crippen LogP contribution in [0.2, 0.25) is 5.02 Å². The van der Waals surface area contributed by atoms with Gasteiger partial charge in [-0.25, -0.2) is 0 Å². The van der Waals surface area contributed by atoms with Crippen LogP contribution in [0, 0.1) is 11.5 Å². The number of carbonyl (C=O) groups is 1. The number of hydrogen-bond acceptors (Lipinski definition) is 2. The third-order valence-electron chi connectivity index (χ3n) is 2.75. The van der Waals surface area contributed by atoms with Gasteiger partial charge in [0.2, 0.25) is 5.91 Å². The van der Waals surface area contributed by atoms with E-state index in [1.807, 2.05) is 12.1 Å². The molecule has 0 heterocycles. The predicted octanol–water partition coefficient (Wildman–Crippen LogP) is 1.97. The first-order valence-electron chi connectivity index (χ1n) is 4.65. The molecule has 76 valence electrons. The van der Waals surface area contributed by atoms with E-state index in [4.69, 9.17) is 16.9 Å². The van der Waals surface area contributed by atoms with Gasteiger partial charge in [0.25, 0.3) is 0 Å². The van der Waals surface area contributed by atoms with Gasteiger partial charge in [-0.15, -0.1) is 0 Å². The van der Waals surface area contributed by atoms with Crippen LogP contribution in [0.5, 0.6) is 0 Å². The molecule has 1 amide bonds. The SMILES string of the molecule is N#CNC(=O)C1(c2ccc(Cl)cc2)CC1. The molecule has 1 aliphatic rings. The van der Waals surface area contributed by atoms with Crippen molar-refractivity contribution in [2.45, 2.75) is 18.3 Å². The highest BCUT2D eigenvalue weighted by atomic mass is 35.5. The number of benzene rings is 1. The minimum atomic E-state index is -0.486. The number of hydrogen-bond donors (Lipinski definition) is 1. The third-order valence-corrected chi connectivity index (χ3v) is 3.00. The minimum Gasteiger partial charge on any atom is -0.273 e. The Morgan fingerprint density at radius 1 is 1.40 bits per heavy atom. The molecule has 0 bridgehead atoms. The second kappa shape index (κ2) is 3.56. The zero-order valence-electron chi connectivity index (χ0n) is 7.96. The number of nitriles is 1. The summed E-state index contributed by atoms with van der Waals surface area (Å²) in [4.78, 5) is 11.6. The molecule has 0 unspecified atom stereocenters. The number of nitrogens with zero attached hydrogens (tertiary/aromatic N) is 1. The second-order valence-corrected chi connectivity index (χ2v) is 4.09. The topological polar surface area (TPSA) is 52.9 Å². The van der Waals surface area contributed by atoms with Gasteiger partial charge >= 0.3 is 0 Å². The number of rotatable bonds is 2. The zero-order valence-corrected chi connectivity index (χ0v) is 8.71. The Bertz CT molecular complexity index is 429. The summed E-state index contributed by atoms with van der Waals surface area (Å²) in [6.45, 7) is 0. The molecule has 0 aromatic heterocycles. The lowest BCUT2D eigenvalue weighted by atomic mass is 9.95. The lowest BCUT2D eigenvalue weighted by Crippen LogP contribution is -2.31. The van der Waals surface area contributed by atoms with Gasteiger partial charge in [-0.3, -0.25) is 10.1 Å². The van der Waals surface area contributed by atoms with Crippen LogP contribution in [0.4, 0.5) is 0 Å². The molecule has 1 aromatic rings. The van der Waals surface area contributed by atoms with Crippen LogP contribution in [0.15, 0.2) is 24.3 Å². The van der Waals surface area contributed by atoms with Gasteiger partial charge in [0.1, 0.15) is 0 Å². The summed E-state index contributed by atoms with van der Waals surface area (Å²) in [5.74, 6) is -0.215. The van der Waals surface area contributed by atoms with Gasteiger partial charge in [-0.1, -0.05) is 23.7 Å². The average Bonchev–Trinajstić information content (AvgIpc) is 3.00. The molecular formula is C11H9ClN2O. The molecule has 1 N–H and O–H groups in total. The van der Waals surface area contributed by atoms with Crippen LogP contribution in [-0.4, -0.2) is 5.91 Å². The Morgan fingerprint density at radius 2 is 2.00 bits per heavy atom. The largest absolute Gasteiger partial charge is 0.273 e. The number of halogens is 1. The van der Waals surface area contributed by atoms with Crippen molar-refractivity contribution in [1.82, 2.24) is 5.32 Å². The van der Waals surface area contributed by atoms with Gasteiger partial charge in [-0.2, -0.15) is 5.26 Å². The van der Waals surface area contributed by atoms with Gasteiger partial charge in [0, 0.05) is 5.02 Å². The smallest absolute Gasteiger partial charge is 0.243 e. The molecule has 1 saturated carbocycles. The van der Waals surface area contributed by atoms with Gasteiger partial charge in [-0.05, 0) is 30.5 Å². The summed E-state index contributed by atoms with van der Waals surface area (Å²) >= 11 is 5.77. The highest BCUT2D eigenvalue weighted by Crippen LogP contribution is 2.48. The molecule has 1 aromatic carbocycles. The third kappa shape index (κ3) is 1.69. The zero-order chi connectivity index (χ0) is 10.9. The van der Waals surface area contributed by atoms with Crippen LogP contribution < -0.4 is 5.32 Å². The summed E-state index contributed by atoms with van der Waals surface area (Å²) < 4.78 is 0. The molecule has 4 heteroatoms. The summed E-state index contributed by atoms with van der Waals surface area (Å²) in [5, 5.41) is 11.3. The first-order chi connectivity index (χ1) is 7.19. The Kier molecular flexibility index (Phi) is 2.37. The van der Waals surface area contributed by atoms with E-state index < -0.39 is 5.41 Å². The molecular weight excluding hydrogens is 212 g/mol. The van der Waals surface area contributed by atoms with Crippen molar-refractivity contribution in [1.29, 1.82) is 5.26 Å². The highest BCUT2D eigenvalue weighted by Gasteiger charge is 2.51. The van der Waals surface area contributed by atoms with Crippen molar-refractivity contribution in [2.75, 3.05) is 0 Å². The maximum Gasteiger partial charge on any atom is 0.243 e. The van der Waals surface area contributed by atoms with E-state index in [1.54, 1.807) is 18.3 Å². The maximum atomic E-state index is 11.6. The van der Waals surface area contributed by atoms with Crippen LogP contribution in [0.25, 0.3) is 0 Å².